The van der Waals surface area contributed by atoms with Gasteiger partial charge >= 0.3 is 12.3 Å². The van der Waals surface area contributed by atoms with Crippen LogP contribution in [0.4, 0.5) is 26.3 Å². The van der Waals surface area contributed by atoms with Crippen LogP contribution in [0, 0.1) is 11.6 Å². The van der Waals surface area contributed by atoms with E-state index in [9.17, 15) is 26.3 Å². The molecule has 0 fully saturated rings. The summed E-state index contributed by atoms with van der Waals surface area (Å²) >= 11 is 0. The smallest absolute Gasteiger partial charge is 0.319 e. The summed E-state index contributed by atoms with van der Waals surface area (Å²) in [5, 5.41) is 10.7. The fourth-order valence-electron chi connectivity index (χ4n) is 1.17. The van der Waals surface area contributed by atoms with Crippen molar-refractivity contribution in [1.29, 1.82) is 0 Å². The van der Waals surface area contributed by atoms with Crippen LogP contribution < -0.4 is 5.32 Å². The Morgan fingerprint density at radius 3 is 2.11 bits per heavy atom. The predicted octanol–water partition coefficient (Wildman–Crippen LogP) is 2.66. The van der Waals surface area contributed by atoms with Crippen LogP contribution in [0.15, 0.2) is 12.1 Å². The molecule has 2 N–H and O–H groups in total. The van der Waals surface area contributed by atoms with Gasteiger partial charge in [0, 0.05) is 6.54 Å². The minimum Gasteiger partial charge on any atom is -0.503 e. The number of hydrogen-bond donors (Lipinski definition) is 2. The van der Waals surface area contributed by atoms with Crippen molar-refractivity contribution in [3.63, 3.8) is 0 Å². The number of halogens is 6. The molecular weight excluding hydrogens is 264 g/mol. The Morgan fingerprint density at radius 1 is 1.17 bits per heavy atom. The van der Waals surface area contributed by atoms with Gasteiger partial charge < -0.3 is 10.4 Å². The third kappa shape index (κ3) is 3.52. The van der Waals surface area contributed by atoms with Crippen LogP contribution in [0.1, 0.15) is 5.56 Å². The summed E-state index contributed by atoms with van der Waals surface area (Å²) in [6, 6.07) is 1.43. The van der Waals surface area contributed by atoms with E-state index in [2.05, 4.69) is 0 Å². The molecule has 0 spiro atoms. The van der Waals surface area contributed by atoms with Crippen LogP contribution >= 0.6 is 0 Å². The first-order valence-electron chi connectivity index (χ1n) is 4.77. The maximum atomic E-state index is 12.8. The number of nitrogens with one attached hydrogen (secondary N) is 1. The standard InChI is InChI=1S/C10H9F6NO/c11-6-1-5(2-7(12)8(6)18)3-17-4-10(15,16)9(13)14/h1-2,9,17-18H,3-4H2. The fraction of sp³-hybridized carbons (Fsp3) is 0.400. The average Bonchev–Trinajstić information content (AvgIpc) is 2.25. The number of rotatable bonds is 5. The number of alkyl halides is 4. The Bertz CT molecular complexity index is 400. The quantitative estimate of drug-likeness (QED) is 0.808. The molecule has 8 heteroatoms. The second-order valence-corrected chi connectivity index (χ2v) is 3.57. The Labute approximate surface area is 98.2 Å². The number of phenolic OH excluding ortho intramolecular Hbond substituents is 1. The summed E-state index contributed by atoms with van der Waals surface area (Å²) in [4.78, 5) is 0. The molecule has 1 aromatic carbocycles. The Hall–Kier alpha value is -1.44. The molecule has 1 aromatic rings. The van der Waals surface area contributed by atoms with Crippen LogP contribution in [-0.4, -0.2) is 24.0 Å². The minimum absolute atomic E-state index is 0.0899. The largest absolute Gasteiger partial charge is 0.503 e. The summed E-state index contributed by atoms with van der Waals surface area (Å²) in [6.07, 6.45) is -3.82. The summed E-state index contributed by atoms with van der Waals surface area (Å²) in [7, 11) is 0. The monoisotopic (exact) mass is 273 g/mol. The van der Waals surface area contributed by atoms with Gasteiger partial charge in [0.1, 0.15) is 0 Å². The van der Waals surface area contributed by atoms with Crippen LogP contribution in [0.5, 0.6) is 5.75 Å². The van der Waals surface area contributed by atoms with Crippen molar-refractivity contribution in [2.75, 3.05) is 6.54 Å². The zero-order chi connectivity index (χ0) is 13.9. The van der Waals surface area contributed by atoms with Gasteiger partial charge in [-0.2, -0.15) is 8.78 Å². The molecule has 2 nitrogen and oxygen atoms in total. The van der Waals surface area contributed by atoms with Gasteiger partial charge in [0.25, 0.3) is 0 Å². The van der Waals surface area contributed by atoms with E-state index in [4.69, 9.17) is 5.11 Å². The van der Waals surface area contributed by atoms with E-state index >= 15 is 0 Å². The average molecular weight is 273 g/mol. The molecule has 0 aliphatic rings. The second kappa shape index (κ2) is 5.47. The van der Waals surface area contributed by atoms with Crippen molar-refractivity contribution in [2.24, 2.45) is 0 Å². The SMILES string of the molecule is Oc1c(F)cc(CNCC(F)(F)C(F)F)cc1F. The Morgan fingerprint density at radius 2 is 1.67 bits per heavy atom. The molecule has 0 aromatic heterocycles. The number of aromatic hydroxyl groups is 1. The van der Waals surface area contributed by atoms with Gasteiger partial charge in [-0.25, -0.2) is 17.6 Å². The predicted molar refractivity (Wildman–Crippen MR) is 50.7 cm³/mol. The summed E-state index contributed by atoms with van der Waals surface area (Å²) in [5.41, 5.74) is -0.0899. The van der Waals surface area contributed by atoms with Gasteiger partial charge in [-0.15, -0.1) is 0 Å². The normalized spacial score (nSPS) is 12.2. The van der Waals surface area contributed by atoms with E-state index in [1.165, 1.54) is 0 Å². The van der Waals surface area contributed by atoms with Gasteiger partial charge in [-0.1, -0.05) is 0 Å². The van der Waals surface area contributed by atoms with E-state index in [-0.39, 0.29) is 5.56 Å². The second-order valence-electron chi connectivity index (χ2n) is 3.57. The zero-order valence-corrected chi connectivity index (χ0v) is 8.86. The molecule has 102 valence electrons. The molecule has 0 atom stereocenters. The van der Waals surface area contributed by atoms with E-state index in [0.717, 1.165) is 0 Å². The van der Waals surface area contributed by atoms with Crippen molar-refractivity contribution in [2.45, 2.75) is 18.9 Å². The van der Waals surface area contributed by atoms with Crippen LogP contribution in [0.25, 0.3) is 0 Å². The topological polar surface area (TPSA) is 32.3 Å². The molecule has 0 unspecified atom stereocenters. The number of benzene rings is 1. The molecule has 0 aliphatic heterocycles. The van der Waals surface area contributed by atoms with Crippen LogP contribution in [0.2, 0.25) is 0 Å². The first kappa shape index (κ1) is 14.6. The highest BCUT2D eigenvalue weighted by atomic mass is 19.3. The first-order chi connectivity index (χ1) is 8.24. The zero-order valence-electron chi connectivity index (χ0n) is 8.86. The van der Waals surface area contributed by atoms with Gasteiger partial charge in [0.2, 0.25) is 0 Å². The Kier molecular flexibility index (Phi) is 4.44. The third-order valence-electron chi connectivity index (χ3n) is 2.09. The van der Waals surface area contributed by atoms with Crippen molar-refractivity contribution in [3.8, 4) is 5.75 Å². The molecule has 0 radical (unpaired) electrons. The van der Waals surface area contributed by atoms with Crippen molar-refractivity contribution in [1.82, 2.24) is 5.32 Å². The molecule has 0 heterocycles. The van der Waals surface area contributed by atoms with Crippen molar-refractivity contribution < 1.29 is 31.4 Å². The number of phenols is 1. The van der Waals surface area contributed by atoms with E-state index < -0.39 is 42.8 Å². The van der Waals surface area contributed by atoms with Crippen molar-refractivity contribution >= 4 is 0 Å². The maximum Gasteiger partial charge on any atom is 0.319 e. The van der Waals surface area contributed by atoms with Gasteiger partial charge in [0.15, 0.2) is 17.4 Å². The van der Waals surface area contributed by atoms with Gasteiger partial charge in [-0.05, 0) is 17.7 Å². The highest BCUT2D eigenvalue weighted by molar-refractivity contribution is 5.29. The lowest BCUT2D eigenvalue weighted by atomic mass is 10.2. The van der Waals surface area contributed by atoms with Gasteiger partial charge in [-0.3, -0.25) is 0 Å². The lowest BCUT2D eigenvalue weighted by Gasteiger charge is -2.15. The Balaban J connectivity index is 2.60. The fourth-order valence-corrected chi connectivity index (χ4v) is 1.17. The molecule has 0 saturated carbocycles. The van der Waals surface area contributed by atoms with E-state index in [1.807, 2.05) is 5.32 Å². The molecular formula is C10H9F6NO. The summed E-state index contributed by atoms with van der Waals surface area (Å²) in [6.45, 7) is -1.76. The van der Waals surface area contributed by atoms with Gasteiger partial charge in [0.05, 0.1) is 6.54 Å². The molecule has 0 amide bonds. The van der Waals surface area contributed by atoms with Crippen LogP contribution in [-0.2, 0) is 6.54 Å². The maximum absolute atomic E-state index is 12.8. The van der Waals surface area contributed by atoms with Crippen molar-refractivity contribution in [3.05, 3.63) is 29.3 Å². The molecule has 1 rings (SSSR count). The van der Waals surface area contributed by atoms with E-state index in [1.54, 1.807) is 0 Å². The first-order valence-corrected chi connectivity index (χ1v) is 4.77. The molecule has 0 aliphatic carbocycles. The highest BCUT2D eigenvalue weighted by Crippen LogP contribution is 2.23. The van der Waals surface area contributed by atoms with Crippen LogP contribution in [0.3, 0.4) is 0 Å². The summed E-state index contributed by atoms with van der Waals surface area (Å²) in [5.74, 6) is -7.91. The highest BCUT2D eigenvalue weighted by Gasteiger charge is 2.39. The third-order valence-corrected chi connectivity index (χ3v) is 2.09. The lowest BCUT2D eigenvalue weighted by molar-refractivity contribution is -0.125. The molecule has 0 saturated heterocycles. The molecule has 18 heavy (non-hydrogen) atoms. The lowest BCUT2D eigenvalue weighted by Crippen LogP contribution is -2.38. The molecule has 0 bridgehead atoms. The number of hydrogen-bond acceptors (Lipinski definition) is 2. The minimum atomic E-state index is -4.21. The van der Waals surface area contributed by atoms with E-state index in [0.29, 0.717) is 12.1 Å². The summed E-state index contributed by atoms with van der Waals surface area (Å²) < 4.78 is 74.2.